The third-order valence-corrected chi connectivity index (χ3v) is 7.38. The van der Waals surface area contributed by atoms with Gasteiger partial charge in [0.15, 0.2) is 12.4 Å². The van der Waals surface area contributed by atoms with E-state index >= 15 is 0 Å². The van der Waals surface area contributed by atoms with E-state index in [9.17, 15) is 0 Å². The van der Waals surface area contributed by atoms with Gasteiger partial charge in [-0.15, -0.1) is 9.35 Å². The van der Waals surface area contributed by atoms with E-state index in [2.05, 4.69) is 89.1 Å². The Hall–Kier alpha value is -3.49. The number of benzene rings is 2. The van der Waals surface area contributed by atoms with Gasteiger partial charge in [0.25, 0.3) is 0 Å². The third kappa shape index (κ3) is 6.26. The molecule has 2 aromatic carbocycles. The molecule has 0 atom stereocenters. The van der Waals surface area contributed by atoms with Gasteiger partial charge in [-0.05, 0) is 49.5 Å². The number of piperazine rings is 2. The van der Waals surface area contributed by atoms with Crippen molar-refractivity contribution < 1.29 is 4.68 Å². The number of anilines is 2. The molecule has 0 unspecified atom stereocenters. The molecule has 37 heavy (non-hydrogen) atoms. The Morgan fingerprint density at radius 2 is 1.19 bits per heavy atom. The molecule has 8 nitrogen and oxygen atoms in total. The summed E-state index contributed by atoms with van der Waals surface area (Å²) in [6.45, 7) is 10.9. The van der Waals surface area contributed by atoms with Gasteiger partial charge in [0.2, 0.25) is 0 Å². The highest BCUT2D eigenvalue weighted by atomic mass is 15.5. The van der Waals surface area contributed by atoms with Gasteiger partial charge >= 0.3 is 5.82 Å². The molecule has 0 saturated carbocycles. The van der Waals surface area contributed by atoms with Crippen LogP contribution in [0.3, 0.4) is 0 Å². The van der Waals surface area contributed by atoms with Crippen LogP contribution in [0.2, 0.25) is 0 Å². The summed E-state index contributed by atoms with van der Waals surface area (Å²) >= 11 is 0. The Kier molecular flexibility index (Phi) is 7.96. The summed E-state index contributed by atoms with van der Waals surface area (Å²) in [5.41, 5.74) is 4.74. The molecule has 2 fully saturated rings. The molecule has 2 aliphatic rings. The molecule has 0 amide bonds. The van der Waals surface area contributed by atoms with E-state index in [1.54, 1.807) is 0 Å². The average molecular weight is 500 g/mol. The largest absolute Gasteiger partial charge is 0.369 e. The lowest BCUT2D eigenvalue weighted by atomic mass is 10.2. The topological polar surface area (TPSA) is 46.5 Å². The van der Waals surface area contributed by atoms with Gasteiger partial charge in [-0.3, -0.25) is 0 Å². The van der Waals surface area contributed by atoms with Gasteiger partial charge in [0.1, 0.15) is 0 Å². The molecule has 2 aliphatic heterocycles. The molecule has 0 radical (unpaired) electrons. The van der Waals surface area contributed by atoms with Crippen LogP contribution >= 0.6 is 0 Å². The van der Waals surface area contributed by atoms with Crippen molar-refractivity contribution in [1.82, 2.24) is 14.5 Å². The summed E-state index contributed by atoms with van der Waals surface area (Å²) in [4.78, 5) is 9.65. The molecule has 3 aromatic rings. The standard InChI is InChI=1S/C29H39N8/c1-4-29-36(30-23-25-5-9-27(10-6-25)34-17-13-32(2)14-18-34)21-22-37(29)31-24-26-7-11-28(12-8-26)35-19-15-33(3)16-20-35/h5-12,21-24H,4,13-20H2,1-3H3/q+1. The van der Waals surface area contributed by atoms with Gasteiger partial charge in [-0.2, -0.15) is 0 Å². The van der Waals surface area contributed by atoms with E-state index in [0.29, 0.717) is 0 Å². The maximum atomic E-state index is 4.71. The first-order chi connectivity index (χ1) is 18.1. The fourth-order valence-corrected chi connectivity index (χ4v) is 4.87. The number of nitrogens with zero attached hydrogens (tertiary/aromatic N) is 8. The molecule has 0 spiro atoms. The van der Waals surface area contributed by atoms with Crippen LogP contribution in [-0.4, -0.2) is 93.4 Å². The number of likely N-dealkylation sites (N-methyl/N-ethyl adjacent to an activating group) is 2. The zero-order valence-corrected chi connectivity index (χ0v) is 22.4. The second kappa shape index (κ2) is 11.7. The number of hydrogen-bond donors (Lipinski definition) is 0. The van der Waals surface area contributed by atoms with Crippen molar-refractivity contribution in [3.63, 3.8) is 0 Å². The van der Waals surface area contributed by atoms with Crippen LogP contribution in [-0.2, 0) is 6.42 Å². The minimum Gasteiger partial charge on any atom is -0.369 e. The van der Waals surface area contributed by atoms with Gasteiger partial charge in [-0.1, -0.05) is 41.4 Å². The smallest absolute Gasteiger partial charge is 0.307 e. The molecule has 2 saturated heterocycles. The fraction of sp³-hybridized carbons (Fsp3) is 0.414. The maximum absolute atomic E-state index is 4.71. The molecule has 0 aliphatic carbocycles. The van der Waals surface area contributed by atoms with E-state index in [4.69, 9.17) is 10.2 Å². The SMILES string of the molecule is CCc1n(N=Cc2ccc(N3CCN(C)CC3)cc2)cc[n+]1N=Cc1ccc(N2CCN(C)CC2)cc1. The lowest BCUT2D eigenvalue weighted by Crippen LogP contribution is -2.44. The monoisotopic (exact) mass is 499 g/mol. The average Bonchev–Trinajstić information content (AvgIpc) is 3.34. The highest BCUT2D eigenvalue weighted by molar-refractivity contribution is 5.80. The van der Waals surface area contributed by atoms with Crippen molar-refractivity contribution >= 4 is 23.8 Å². The summed E-state index contributed by atoms with van der Waals surface area (Å²) in [6, 6.07) is 17.4. The van der Waals surface area contributed by atoms with E-state index < -0.39 is 0 Å². The highest BCUT2D eigenvalue weighted by Crippen LogP contribution is 2.17. The summed E-state index contributed by atoms with van der Waals surface area (Å²) in [5.74, 6) is 1.02. The minimum atomic E-state index is 0.826. The number of aromatic nitrogens is 2. The normalized spacial score (nSPS) is 17.9. The lowest BCUT2D eigenvalue weighted by molar-refractivity contribution is -0.685. The Morgan fingerprint density at radius 1 is 0.703 bits per heavy atom. The minimum absolute atomic E-state index is 0.826. The molecule has 0 N–H and O–H groups in total. The maximum Gasteiger partial charge on any atom is 0.307 e. The van der Waals surface area contributed by atoms with Gasteiger partial charge < -0.3 is 19.6 Å². The van der Waals surface area contributed by atoms with Crippen LogP contribution in [0.1, 0.15) is 23.9 Å². The van der Waals surface area contributed by atoms with Crippen molar-refractivity contribution in [1.29, 1.82) is 0 Å². The Balaban J connectivity index is 1.22. The summed E-state index contributed by atoms with van der Waals surface area (Å²) in [6.07, 6.45) is 8.58. The number of hydrogen-bond acceptors (Lipinski definition) is 6. The van der Waals surface area contributed by atoms with E-state index in [1.807, 2.05) is 34.2 Å². The first kappa shape index (κ1) is 25.2. The molecular formula is C29H39N8+. The van der Waals surface area contributed by atoms with Gasteiger partial charge in [-0.25, -0.2) is 0 Å². The first-order valence-electron chi connectivity index (χ1n) is 13.4. The highest BCUT2D eigenvalue weighted by Gasteiger charge is 2.16. The molecule has 0 bridgehead atoms. The van der Waals surface area contributed by atoms with Crippen molar-refractivity contribution in [2.45, 2.75) is 13.3 Å². The Morgan fingerprint density at radius 3 is 1.68 bits per heavy atom. The van der Waals surface area contributed by atoms with Crippen molar-refractivity contribution in [2.24, 2.45) is 10.2 Å². The summed E-state index contributed by atoms with van der Waals surface area (Å²) < 4.78 is 3.81. The van der Waals surface area contributed by atoms with E-state index in [-0.39, 0.29) is 0 Å². The van der Waals surface area contributed by atoms with Crippen LogP contribution in [0.5, 0.6) is 0 Å². The predicted molar refractivity (Wildman–Crippen MR) is 152 cm³/mol. The number of imidazole rings is 1. The second-order valence-corrected chi connectivity index (χ2v) is 10.0. The Labute approximate surface area is 220 Å². The van der Waals surface area contributed by atoms with Gasteiger partial charge in [0.05, 0.1) is 18.9 Å². The van der Waals surface area contributed by atoms with Crippen LogP contribution in [0, 0.1) is 0 Å². The third-order valence-electron chi connectivity index (χ3n) is 7.38. The lowest BCUT2D eigenvalue weighted by Gasteiger charge is -2.34. The van der Waals surface area contributed by atoms with Crippen molar-refractivity contribution in [3.8, 4) is 0 Å². The van der Waals surface area contributed by atoms with Gasteiger partial charge in [0, 0.05) is 63.7 Å². The molecule has 194 valence electrons. The van der Waals surface area contributed by atoms with Crippen molar-refractivity contribution in [3.05, 3.63) is 77.9 Å². The van der Waals surface area contributed by atoms with Crippen LogP contribution in [0.4, 0.5) is 11.4 Å². The second-order valence-electron chi connectivity index (χ2n) is 10.0. The molecule has 1 aromatic heterocycles. The zero-order chi connectivity index (χ0) is 25.6. The van der Waals surface area contributed by atoms with Crippen LogP contribution in [0.25, 0.3) is 0 Å². The van der Waals surface area contributed by atoms with Crippen LogP contribution in [0.15, 0.2) is 71.1 Å². The fourth-order valence-electron chi connectivity index (χ4n) is 4.87. The number of rotatable bonds is 7. The summed E-state index contributed by atoms with van der Waals surface area (Å²) in [5, 5.41) is 9.42. The zero-order valence-electron chi connectivity index (χ0n) is 22.4. The summed E-state index contributed by atoms with van der Waals surface area (Å²) in [7, 11) is 4.37. The molecular weight excluding hydrogens is 460 g/mol. The molecule has 5 rings (SSSR count). The molecule has 8 heteroatoms. The van der Waals surface area contributed by atoms with E-state index in [0.717, 1.165) is 75.7 Å². The molecule has 3 heterocycles. The van der Waals surface area contributed by atoms with E-state index in [1.165, 1.54) is 11.4 Å². The Bertz CT molecular complexity index is 1100. The quantitative estimate of drug-likeness (QED) is 0.370. The van der Waals surface area contributed by atoms with Crippen LogP contribution < -0.4 is 14.5 Å². The first-order valence-corrected chi connectivity index (χ1v) is 13.4. The predicted octanol–water partition coefficient (Wildman–Crippen LogP) is 2.61. The van der Waals surface area contributed by atoms with Crippen molar-refractivity contribution in [2.75, 3.05) is 76.3 Å².